The van der Waals surface area contributed by atoms with E-state index in [4.69, 9.17) is 49.0 Å². The Balaban J connectivity index is 1.92. The second kappa shape index (κ2) is 11.1. The minimum Gasteiger partial charge on any atom is -0.497 e. The topological polar surface area (TPSA) is 103 Å². The van der Waals surface area contributed by atoms with Crippen LogP contribution in [0.25, 0.3) is 0 Å². The fraction of sp³-hybridized carbons (Fsp3) is 0.250. The van der Waals surface area contributed by atoms with Gasteiger partial charge >= 0.3 is 5.97 Å². The first-order valence-electron chi connectivity index (χ1n) is 8.80. The minimum atomic E-state index is -1.18. The minimum absolute atomic E-state index is 0.130. The highest BCUT2D eigenvalue weighted by Gasteiger charge is 2.21. The van der Waals surface area contributed by atoms with Crippen LogP contribution in [-0.4, -0.2) is 44.7 Å². The van der Waals surface area contributed by atoms with Crippen LogP contribution in [0.3, 0.4) is 0 Å². The number of nitrogens with one attached hydrogen (secondary N) is 2. The van der Waals surface area contributed by atoms with Gasteiger partial charge in [-0.2, -0.15) is 0 Å². The van der Waals surface area contributed by atoms with Crippen molar-refractivity contribution in [1.29, 1.82) is 0 Å². The molecule has 0 fully saturated rings. The maximum atomic E-state index is 12.3. The lowest BCUT2D eigenvalue weighted by molar-refractivity contribution is -0.152. The molecule has 1 unspecified atom stereocenters. The summed E-state index contributed by atoms with van der Waals surface area (Å²) in [7, 11) is 2.90. The summed E-state index contributed by atoms with van der Waals surface area (Å²) >= 11 is 17.9. The maximum absolute atomic E-state index is 12.3. The van der Waals surface area contributed by atoms with Gasteiger partial charge in [-0.1, -0.05) is 34.8 Å². The van der Waals surface area contributed by atoms with Crippen LogP contribution in [0.15, 0.2) is 30.3 Å². The van der Waals surface area contributed by atoms with Gasteiger partial charge in [0.15, 0.2) is 6.10 Å². The zero-order valence-electron chi connectivity index (χ0n) is 16.8. The molecule has 0 spiro atoms. The van der Waals surface area contributed by atoms with Crippen molar-refractivity contribution in [3.05, 3.63) is 51.0 Å². The molecule has 166 valence electrons. The number of hydrogen-bond acceptors (Lipinski definition) is 6. The molecule has 0 aliphatic heterocycles. The molecule has 0 saturated heterocycles. The summed E-state index contributed by atoms with van der Waals surface area (Å²) in [6, 6.07) is 7.39. The third kappa shape index (κ3) is 6.92. The normalized spacial score (nSPS) is 11.3. The predicted molar refractivity (Wildman–Crippen MR) is 118 cm³/mol. The number of esters is 1. The Bertz CT molecular complexity index is 954. The summed E-state index contributed by atoms with van der Waals surface area (Å²) in [4.78, 5) is 36.6. The first-order valence-corrected chi connectivity index (χ1v) is 9.94. The molecule has 2 aromatic carbocycles. The summed E-state index contributed by atoms with van der Waals surface area (Å²) in [6.07, 6.45) is -1.18. The van der Waals surface area contributed by atoms with Crippen molar-refractivity contribution in [3.8, 4) is 11.5 Å². The van der Waals surface area contributed by atoms with Gasteiger partial charge in [0, 0.05) is 16.7 Å². The van der Waals surface area contributed by atoms with Crippen LogP contribution >= 0.6 is 34.8 Å². The zero-order valence-corrected chi connectivity index (χ0v) is 19.0. The molecule has 0 aromatic heterocycles. The molecule has 0 radical (unpaired) electrons. The summed E-state index contributed by atoms with van der Waals surface area (Å²) in [5.41, 5.74) is 0.364. The van der Waals surface area contributed by atoms with E-state index in [1.165, 1.54) is 45.4 Å². The van der Waals surface area contributed by atoms with Gasteiger partial charge in [0.05, 0.1) is 30.0 Å². The number of rotatable bonds is 8. The Morgan fingerprint density at radius 2 is 1.48 bits per heavy atom. The molecule has 2 N–H and O–H groups in total. The summed E-state index contributed by atoms with van der Waals surface area (Å²) in [5.74, 6) is -1.21. The number of anilines is 1. The van der Waals surface area contributed by atoms with Gasteiger partial charge in [-0.05, 0) is 31.2 Å². The molecule has 0 bridgehead atoms. The van der Waals surface area contributed by atoms with Crippen molar-refractivity contribution in [2.24, 2.45) is 0 Å². The third-order valence-electron chi connectivity index (χ3n) is 3.94. The first-order chi connectivity index (χ1) is 14.6. The molecule has 31 heavy (non-hydrogen) atoms. The molecule has 1 atom stereocenters. The Hall–Kier alpha value is -2.68. The van der Waals surface area contributed by atoms with Gasteiger partial charge in [0.1, 0.15) is 18.0 Å². The Labute approximate surface area is 193 Å². The van der Waals surface area contributed by atoms with E-state index in [-0.39, 0.29) is 21.3 Å². The molecule has 8 nitrogen and oxygen atoms in total. The van der Waals surface area contributed by atoms with Crippen molar-refractivity contribution in [2.45, 2.75) is 13.0 Å². The molecule has 2 aromatic rings. The van der Waals surface area contributed by atoms with Crippen molar-refractivity contribution in [3.63, 3.8) is 0 Å². The van der Waals surface area contributed by atoms with Crippen LogP contribution in [0.5, 0.6) is 11.5 Å². The van der Waals surface area contributed by atoms with Crippen LogP contribution in [-0.2, 0) is 14.3 Å². The van der Waals surface area contributed by atoms with E-state index in [9.17, 15) is 14.4 Å². The highest BCUT2D eigenvalue weighted by molar-refractivity contribution is 6.42. The lowest BCUT2D eigenvalue weighted by atomic mass is 10.2. The van der Waals surface area contributed by atoms with Gasteiger partial charge in [0.25, 0.3) is 11.8 Å². The van der Waals surface area contributed by atoms with Crippen LogP contribution in [0.2, 0.25) is 15.1 Å². The first kappa shape index (κ1) is 24.6. The quantitative estimate of drug-likeness (QED) is 0.544. The smallest absolute Gasteiger partial charge is 0.326 e. The molecule has 11 heteroatoms. The Morgan fingerprint density at radius 3 is 2.00 bits per heavy atom. The molecular formula is C20H19Cl3N2O6. The number of ether oxygens (including phenoxy) is 3. The Morgan fingerprint density at radius 1 is 0.935 bits per heavy atom. The molecule has 2 rings (SSSR count). The highest BCUT2D eigenvalue weighted by Crippen LogP contribution is 2.33. The van der Waals surface area contributed by atoms with Gasteiger partial charge in [-0.15, -0.1) is 0 Å². The van der Waals surface area contributed by atoms with E-state index in [0.29, 0.717) is 16.5 Å². The monoisotopic (exact) mass is 488 g/mol. The summed E-state index contributed by atoms with van der Waals surface area (Å²) in [5, 5.41) is 5.44. The largest absolute Gasteiger partial charge is 0.497 e. The van der Waals surface area contributed by atoms with Gasteiger partial charge in [-0.25, -0.2) is 0 Å². The fourth-order valence-electron chi connectivity index (χ4n) is 2.37. The van der Waals surface area contributed by atoms with E-state index in [1.54, 1.807) is 6.07 Å². The number of benzene rings is 2. The number of methoxy groups -OCH3 is 2. The fourth-order valence-corrected chi connectivity index (χ4v) is 3.28. The SMILES string of the molecule is COc1cc(OC)cc(C(=O)NCC(=O)OC(C)C(=O)Nc2c(Cl)cc(Cl)cc2Cl)c1. The lowest BCUT2D eigenvalue weighted by Crippen LogP contribution is -2.36. The Kier molecular flexibility index (Phi) is 8.79. The average Bonchev–Trinajstić information content (AvgIpc) is 2.73. The van der Waals surface area contributed by atoms with E-state index in [2.05, 4.69) is 10.6 Å². The van der Waals surface area contributed by atoms with Crippen LogP contribution in [0.1, 0.15) is 17.3 Å². The second-order valence-electron chi connectivity index (χ2n) is 6.15. The van der Waals surface area contributed by atoms with Gasteiger partial charge in [0.2, 0.25) is 0 Å². The summed E-state index contributed by atoms with van der Waals surface area (Å²) < 4.78 is 15.2. The van der Waals surface area contributed by atoms with Crippen molar-refractivity contribution in [2.75, 3.05) is 26.1 Å². The number of carbonyl (C=O) groups excluding carboxylic acids is 3. The highest BCUT2D eigenvalue weighted by atomic mass is 35.5. The van der Waals surface area contributed by atoms with Crippen LogP contribution in [0, 0.1) is 0 Å². The molecule has 0 heterocycles. The number of amides is 2. The van der Waals surface area contributed by atoms with E-state index in [1.807, 2.05) is 0 Å². The number of carbonyl (C=O) groups is 3. The molecule has 0 saturated carbocycles. The standard InChI is InChI=1S/C20H19Cl3N2O6/c1-10(19(27)25-18-15(22)6-12(21)7-16(18)23)31-17(26)9-24-20(28)11-4-13(29-2)8-14(5-11)30-3/h4-8,10H,9H2,1-3H3,(H,24,28)(H,25,27). The van der Waals surface area contributed by atoms with Gasteiger partial charge < -0.3 is 24.8 Å². The maximum Gasteiger partial charge on any atom is 0.326 e. The van der Waals surface area contributed by atoms with Crippen molar-refractivity contribution >= 4 is 58.3 Å². The molecule has 0 aliphatic rings. The average molecular weight is 490 g/mol. The second-order valence-corrected chi connectivity index (χ2v) is 7.40. The predicted octanol–water partition coefficient (Wildman–Crippen LogP) is 3.96. The number of halogens is 3. The molecule has 2 amide bonds. The zero-order chi connectivity index (χ0) is 23.1. The number of hydrogen-bond donors (Lipinski definition) is 2. The van der Waals surface area contributed by atoms with E-state index >= 15 is 0 Å². The van der Waals surface area contributed by atoms with Crippen LogP contribution < -0.4 is 20.1 Å². The van der Waals surface area contributed by atoms with Crippen LogP contribution in [0.4, 0.5) is 5.69 Å². The molecule has 0 aliphatic carbocycles. The lowest BCUT2D eigenvalue weighted by Gasteiger charge is -2.15. The van der Waals surface area contributed by atoms with E-state index < -0.39 is 30.4 Å². The van der Waals surface area contributed by atoms with Gasteiger partial charge in [-0.3, -0.25) is 14.4 Å². The van der Waals surface area contributed by atoms with E-state index in [0.717, 1.165) is 0 Å². The third-order valence-corrected chi connectivity index (χ3v) is 4.75. The molecular weight excluding hydrogens is 471 g/mol. The van der Waals surface area contributed by atoms with Crippen molar-refractivity contribution in [1.82, 2.24) is 5.32 Å². The summed E-state index contributed by atoms with van der Waals surface area (Å²) in [6.45, 7) is 0.901. The van der Waals surface area contributed by atoms with Crippen molar-refractivity contribution < 1.29 is 28.6 Å².